The minimum Gasteiger partial charge on any atom is -0.326 e. The van der Waals surface area contributed by atoms with E-state index >= 15 is 0 Å². The molecule has 1 amide bonds. The molecule has 0 unspecified atom stereocenters. The van der Waals surface area contributed by atoms with Crippen molar-refractivity contribution in [2.45, 2.75) is 24.3 Å². The number of benzene rings is 1. The highest BCUT2D eigenvalue weighted by Crippen LogP contribution is 2.44. The number of thiocarbonyl (C=S) groups is 1. The molecule has 0 saturated carbocycles. The zero-order valence-electron chi connectivity index (χ0n) is 16.2. The number of thioether (sulfide) groups is 1. The minimum absolute atomic E-state index is 0.234. The van der Waals surface area contributed by atoms with E-state index in [0.717, 1.165) is 23.9 Å². The van der Waals surface area contributed by atoms with E-state index in [1.54, 1.807) is 31.0 Å². The van der Waals surface area contributed by atoms with Crippen LogP contribution in [0.2, 0.25) is 0 Å². The van der Waals surface area contributed by atoms with Gasteiger partial charge in [0.2, 0.25) is 0 Å². The number of anilines is 2. The maximum absolute atomic E-state index is 13.0. The average Bonchev–Trinajstić information content (AvgIpc) is 3.12. The summed E-state index contributed by atoms with van der Waals surface area (Å²) in [5, 5.41) is 0. The summed E-state index contributed by atoms with van der Waals surface area (Å²) in [5.41, 5.74) is -4.44. The summed E-state index contributed by atoms with van der Waals surface area (Å²) in [6.07, 6.45) is 3.30. The Morgan fingerprint density at radius 1 is 1.10 bits per heavy atom. The van der Waals surface area contributed by atoms with E-state index in [4.69, 9.17) is 12.2 Å². The van der Waals surface area contributed by atoms with Crippen LogP contribution in [-0.4, -0.2) is 49.2 Å². The molecule has 1 fully saturated rings. The van der Waals surface area contributed by atoms with Gasteiger partial charge in [0, 0.05) is 20.1 Å². The zero-order chi connectivity index (χ0) is 22.4. The molecule has 1 saturated heterocycles. The third-order valence-electron chi connectivity index (χ3n) is 4.70. The maximum atomic E-state index is 13.0. The van der Waals surface area contributed by atoms with E-state index in [0.29, 0.717) is 39.5 Å². The number of hydrogen-bond acceptors (Lipinski definition) is 7. The van der Waals surface area contributed by atoms with Crippen molar-refractivity contribution >= 4 is 55.4 Å². The van der Waals surface area contributed by atoms with Gasteiger partial charge in [-0.15, -0.1) is 0 Å². The fourth-order valence-electron chi connectivity index (χ4n) is 3.20. The summed E-state index contributed by atoms with van der Waals surface area (Å²) in [6, 6.07) is 3.37. The van der Waals surface area contributed by atoms with Gasteiger partial charge in [-0.3, -0.25) is 9.69 Å². The van der Waals surface area contributed by atoms with Gasteiger partial charge in [-0.25, -0.2) is 8.42 Å². The molecule has 0 atom stereocenters. The fraction of sp³-hybridized carbons (Fsp3) is 0.333. The molecule has 3 rings (SSSR count). The van der Waals surface area contributed by atoms with Crippen molar-refractivity contribution in [3.63, 3.8) is 0 Å². The fourth-order valence-corrected chi connectivity index (χ4v) is 5.10. The van der Waals surface area contributed by atoms with Gasteiger partial charge in [0.25, 0.3) is 15.7 Å². The normalized spacial score (nSPS) is 20.1. The number of sulfone groups is 1. The van der Waals surface area contributed by atoms with E-state index in [1.165, 1.54) is 11.0 Å². The molecule has 162 valence electrons. The van der Waals surface area contributed by atoms with Crippen LogP contribution >= 0.6 is 24.0 Å². The number of carbonyl (C=O) groups is 1. The molecule has 1 aromatic carbocycles. The van der Waals surface area contributed by atoms with Crippen molar-refractivity contribution in [3.05, 3.63) is 41.1 Å². The van der Waals surface area contributed by atoms with E-state index in [1.807, 2.05) is 11.8 Å². The van der Waals surface area contributed by atoms with Crippen molar-refractivity contribution < 1.29 is 26.4 Å². The molecule has 6 nitrogen and oxygen atoms in total. The molecule has 0 radical (unpaired) electrons. The highest BCUT2D eigenvalue weighted by Gasteiger charge is 2.47. The molecule has 0 aromatic heterocycles. The number of amides is 1. The first-order chi connectivity index (χ1) is 13.9. The van der Waals surface area contributed by atoms with Crippen LogP contribution in [0.5, 0.6) is 0 Å². The lowest BCUT2D eigenvalue weighted by molar-refractivity contribution is -0.121. The molecule has 12 heteroatoms. The molecule has 2 heterocycles. The molecular formula is C18H18F3N3O3S3. The van der Waals surface area contributed by atoms with Crippen molar-refractivity contribution in [1.29, 1.82) is 0 Å². The molecule has 0 aliphatic carbocycles. The Balaban J connectivity index is 2.07. The lowest BCUT2D eigenvalue weighted by atomic mass is 10.2. The first-order valence-electron chi connectivity index (χ1n) is 8.86. The molecule has 30 heavy (non-hydrogen) atoms. The third-order valence-corrected chi connectivity index (χ3v) is 7.69. The second-order valence-electron chi connectivity index (χ2n) is 6.38. The van der Waals surface area contributed by atoms with E-state index in [2.05, 4.69) is 0 Å². The van der Waals surface area contributed by atoms with Crippen LogP contribution in [-0.2, 0) is 14.6 Å². The largest absolute Gasteiger partial charge is 0.501 e. The summed E-state index contributed by atoms with van der Waals surface area (Å²) >= 11 is 6.27. The highest BCUT2D eigenvalue weighted by atomic mass is 32.2. The molecular weight excluding hydrogens is 459 g/mol. The highest BCUT2D eigenvalue weighted by molar-refractivity contribution is 8.26. The van der Waals surface area contributed by atoms with Crippen LogP contribution in [0.25, 0.3) is 0 Å². The van der Waals surface area contributed by atoms with Gasteiger partial charge in [-0.1, -0.05) is 24.0 Å². The predicted octanol–water partition coefficient (Wildman–Crippen LogP) is 3.86. The van der Waals surface area contributed by atoms with Gasteiger partial charge < -0.3 is 9.80 Å². The average molecular weight is 478 g/mol. The molecule has 2 aliphatic heterocycles. The summed E-state index contributed by atoms with van der Waals surface area (Å²) < 4.78 is 63.1. The lowest BCUT2D eigenvalue weighted by Gasteiger charge is -2.23. The third kappa shape index (κ3) is 3.60. The van der Waals surface area contributed by atoms with Crippen LogP contribution in [0.15, 0.2) is 46.0 Å². The number of allylic oxidation sites excluding steroid dienone is 2. The molecule has 0 bridgehead atoms. The Hall–Kier alpha value is -2.05. The second kappa shape index (κ2) is 7.89. The van der Waals surface area contributed by atoms with Crippen molar-refractivity contribution in [1.82, 2.24) is 4.90 Å². The molecule has 1 aromatic rings. The topological polar surface area (TPSA) is 60.9 Å². The number of fused-ring (bicyclic) bond motifs is 1. The Morgan fingerprint density at radius 2 is 1.70 bits per heavy atom. The van der Waals surface area contributed by atoms with Gasteiger partial charge in [0.15, 0.2) is 0 Å². The second-order valence-corrected chi connectivity index (χ2v) is 9.99. The standard InChI is InChI=1S/C18H18F3N3O3S3/c1-4-23-12-7-6-11(30(26,27)18(19,20)21)10-13(12)24(5-2)15(23)9-8-14-16(25)22(3)17(28)29-14/h6-10H,4-5H2,1-3H3/b14-8+,15-9+. The monoisotopic (exact) mass is 477 g/mol. The predicted molar refractivity (Wildman–Crippen MR) is 115 cm³/mol. The number of carbonyl (C=O) groups excluding carboxylic acids is 1. The van der Waals surface area contributed by atoms with Crippen LogP contribution in [0.4, 0.5) is 24.5 Å². The van der Waals surface area contributed by atoms with Crippen LogP contribution in [0, 0.1) is 0 Å². The smallest absolute Gasteiger partial charge is 0.326 e. The van der Waals surface area contributed by atoms with Crippen molar-refractivity contribution in [2.24, 2.45) is 0 Å². The molecule has 0 spiro atoms. The number of nitrogens with zero attached hydrogens (tertiary/aromatic N) is 3. The lowest BCUT2D eigenvalue weighted by Crippen LogP contribution is -2.28. The van der Waals surface area contributed by atoms with Gasteiger partial charge >= 0.3 is 5.51 Å². The Morgan fingerprint density at radius 3 is 2.20 bits per heavy atom. The van der Waals surface area contributed by atoms with E-state index in [-0.39, 0.29) is 5.91 Å². The minimum atomic E-state index is -5.46. The SMILES string of the molecule is CCN1/C(=C\C=C2\SC(=S)N(C)C2=O)N(CC)c2cc(S(=O)(=O)C(F)(F)F)ccc21. The van der Waals surface area contributed by atoms with Gasteiger partial charge in [0.05, 0.1) is 21.2 Å². The van der Waals surface area contributed by atoms with E-state index in [9.17, 15) is 26.4 Å². The molecule has 2 aliphatic rings. The maximum Gasteiger partial charge on any atom is 0.501 e. The van der Waals surface area contributed by atoms with Crippen molar-refractivity contribution in [3.8, 4) is 0 Å². The zero-order valence-corrected chi connectivity index (χ0v) is 18.7. The van der Waals surface area contributed by atoms with Crippen LogP contribution in [0.1, 0.15) is 13.8 Å². The summed E-state index contributed by atoms with van der Waals surface area (Å²) in [4.78, 5) is 16.7. The summed E-state index contributed by atoms with van der Waals surface area (Å²) in [5.74, 6) is 0.389. The number of likely N-dealkylation sites (N-methyl/N-ethyl adjacent to an activating group) is 1. The van der Waals surface area contributed by atoms with Gasteiger partial charge in [-0.2, -0.15) is 13.2 Å². The number of rotatable bonds is 4. The van der Waals surface area contributed by atoms with Gasteiger partial charge in [0.1, 0.15) is 10.1 Å². The van der Waals surface area contributed by atoms with Crippen LogP contribution < -0.4 is 9.80 Å². The van der Waals surface area contributed by atoms with E-state index < -0.39 is 20.2 Å². The summed E-state index contributed by atoms with van der Waals surface area (Å²) in [6.45, 7) is 4.53. The number of halogens is 3. The van der Waals surface area contributed by atoms with Crippen molar-refractivity contribution in [2.75, 3.05) is 29.9 Å². The first-order valence-corrected chi connectivity index (χ1v) is 11.6. The number of hydrogen-bond donors (Lipinski definition) is 0. The van der Waals surface area contributed by atoms with Crippen LogP contribution in [0.3, 0.4) is 0 Å². The first kappa shape index (κ1) is 22.6. The Kier molecular flexibility index (Phi) is 5.95. The molecule has 0 N–H and O–H groups in total. The Labute approximate surface area is 181 Å². The quantitative estimate of drug-likeness (QED) is 0.482. The summed E-state index contributed by atoms with van der Waals surface area (Å²) in [7, 11) is -3.88. The van der Waals surface area contributed by atoms with Gasteiger partial charge in [-0.05, 0) is 44.2 Å². The Bertz CT molecular complexity index is 1080. The number of alkyl halides is 3.